The van der Waals surface area contributed by atoms with Crippen LogP contribution in [0, 0.1) is 20.8 Å². The zero-order valence-corrected chi connectivity index (χ0v) is 17.2. The molecule has 4 heteroatoms. The first kappa shape index (κ1) is 18.5. The summed E-state index contributed by atoms with van der Waals surface area (Å²) < 4.78 is 2.16. The van der Waals surface area contributed by atoms with E-state index in [0.29, 0.717) is 0 Å². The smallest absolute Gasteiger partial charge is 0.196 e. The van der Waals surface area contributed by atoms with E-state index in [-0.39, 0.29) is 0 Å². The Bertz CT molecular complexity index is 1100. The minimum absolute atomic E-state index is 0.867. The van der Waals surface area contributed by atoms with Crippen molar-refractivity contribution in [2.75, 3.05) is 0 Å². The molecule has 0 amide bonds. The number of para-hydroxylation sites is 1. The minimum Gasteiger partial charge on any atom is -0.270 e. The Morgan fingerprint density at radius 3 is 2.32 bits per heavy atom. The van der Waals surface area contributed by atoms with Gasteiger partial charge in [0, 0.05) is 17.0 Å². The van der Waals surface area contributed by atoms with Crippen molar-refractivity contribution in [3.8, 4) is 17.1 Å². The predicted molar refractivity (Wildman–Crippen MR) is 117 cm³/mol. The molecule has 0 bridgehead atoms. The number of aryl methyl sites for hydroxylation is 3. The molecule has 4 rings (SSSR count). The number of thioether (sulfide) groups is 1. The molecule has 0 atom stereocenters. The van der Waals surface area contributed by atoms with Crippen LogP contribution in [-0.2, 0) is 5.75 Å². The fraction of sp³-hybridized carbons (Fsp3) is 0.167. The SMILES string of the molecule is Cc1ccc(C)c(CSc2nnc(-c3ccccc3C)n2-c2ccccc2)c1. The Morgan fingerprint density at radius 2 is 1.54 bits per heavy atom. The molecule has 1 aromatic heterocycles. The van der Waals surface area contributed by atoms with Gasteiger partial charge in [-0.1, -0.05) is 78.0 Å². The Labute approximate surface area is 170 Å². The van der Waals surface area contributed by atoms with E-state index in [2.05, 4.69) is 102 Å². The summed E-state index contributed by atoms with van der Waals surface area (Å²) >= 11 is 1.73. The summed E-state index contributed by atoms with van der Waals surface area (Å²) in [5, 5.41) is 10.0. The van der Waals surface area contributed by atoms with E-state index < -0.39 is 0 Å². The molecule has 140 valence electrons. The quantitative estimate of drug-likeness (QED) is 0.386. The third-order valence-electron chi connectivity index (χ3n) is 4.90. The molecule has 0 saturated heterocycles. The Morgan fingerprint density at radius 1 is 0.786 bits per heavy atom. The van der Waals surface area contributed by atoms with Gasteiger partial charge in [0.25, 0.3) is 0 Å². The second-order valence-corrected chi connectivity index (χ2v) is 7.95. The average Bonchev–Trinajstić information content (AvgIpc) is 3.13. The van der Waals surface area contributed by atoms with E-state index >= 15 is 0 Å². The van der Waals surface area contributed by atoms with Crippen molar-refractivity contribution in [1.82, 2.24) is 14.8 Å². The standard InChI is InChI=1S/C24H23N3S/c1-17-13-14-18(2)20(15-17)16-28-24-26-25-23(22-12-8-7-9-19(22)3)27(24)21-10-5-4-6-11-21/h4-15H,16H2,1-3H3. The lowest BCUT2D eigenvalue weighted by atomic mass is 10.1. The van der Waals surface area contributed by atoms with Gasteiger partial charge in [0.15, 0.2) is 11.0 Å². The van der Waals surface area contributed by atoms with Crippen molar-refractivity contribution >= 4 is 11.8 Å². The highest BCUT2D eigenvalue weighted by Gasteiger charge is 2.17. The number of aromatic nitrogens is 3. The van der Waals surface area contributed by atoms with Gasteiger partial charge in [0.05, 0.1) is 0 Å². The van der Waals surface area contributed by atoms with E-state index in [9.17, 15) is 0 Å². The molecule has 28 heavy (non-hydrogen) atoms. The second-order valence-electron chi connectivity index (χ2n) is 7.01. The largest absolute Gasteiger partial charge is 0.270 e. The lowest BCUT2D eigenvalue weighted by Crippen LogP contribution is -2.00. The monoisotopic (exact) mass is 385 g/mol. The van der Waals surface area contributed by atoms with Crippen molar-refractivity contribution in [3.05, 3.63) is 95.1 Å². The molecular formula is C24H23N3S. The second kappa shape index (κ2) is 8.03. The summed E-state index contributed by atoms with van der Waals surface area (Å²) in [6.45, 7) is 6.41. The van der Waals surface area contributed by atoms with Crippen molar-refractivity contribution in [2.24, 2.45) is 0 Å². The van der Waals surface area contributed by atoms with Crippen LogP contribution < -0.4 is 0 Å². The van der Waals surface area contributed by atoms with Gasteiger partial charge in [-0.25, -0.2) is 0 Å². The van der Waals surface area contributed by atoms with Crippen LogP contribution in [0.25, 0.3) is 17.1 Å². The van der Waals surface area contributed by atoms with Crippen LogP contribution >= 0.6 is 11.8 Å². The first-order chi connectivity index (χ1) is 13.6. The van der Waals surface area contributed by atoms with Gasteiger partial charge in [-0.2, -0.15) is 0 Å². The zero-order valence-electron chi connectivity index (χ0n) is 16.4. The summed E-state index contributed by atoms with van der Waals surface area (Å²) in [5.41, 5.74) is 7.31. The normalized spacial score (nSPS) is 11.0. The van der Waals surface area contributed by atoms with Crippen LogP contribution in [0.15, 0.2) is 78.0 Å². The molecule has 0 N–H and O–H groups in total. The molecule has 1 heterocycles. The molecule has 3 aromatic carbocycles. The maximum atomic E-state index is 4.57. The molecule has 0 aliphatic heterocycles. The summed E-state index contributed by atoms with van der Waals surface area (Å²) in [6.07, 6.45) is 0. The highest BCUT2D eigenvalue weighted by Crippen LogP contribution is 2.31. The van der Waals surface area contributed by atoms with Gasteiger partial charge in [-0.3, -0.25) is 4.57 Å². The van der Waals surface area contributed by atoms with Crippen molar-refractivity contribution in [1.29, 1.82) is 0 Å². The van der Waals surface area contributed by atoms with Crippen LogP contribution in [0.5, 0.6) is 0 Å². The molecule has 0 aliphatic rings. The Balaban J connectivity index is 1.76. The summed E-state index contributed by atoms with van der Waals surface area (Å²) in [7, 11) is 0. The predicted octanol–water partition coefficient (Wildman–Crippen LogP) is 6.15. The minimum atomic E-state index is 0.867. The van der Waals surface area contributed by atoms with Gasteiger partial charge >= 0.3 is 0 Å². The highest BCUT2D eigenvalue weighted by molar-refractivity contribution is 7.98. The first-order valence-corrected chi connectivity index (χ1v) is 10.4. The number of hydrogen-bond donors (Lipinski definition) is 0. The maximum Gasteiger partial charge on any atom is 0.196 e. The van der Waals surface area contributed by atoms with Crippen LogP contribution in [0.4, 0.5) is 0 Å². The topological polar surface area (TPSA) is 30.7 Å². The third kappa shape index (κ3) is 3.73. The van der Waals surface area contributed by atoms with Crippen molar-refractivity contribution < 1.29 is 0 Å². The van der Waals surface area contributed by atoms with Gasteiger partial charge in [-0.15, -0.1) is 10.2 Å². The summed E-state index contributed by atoms with van der Waals surface area (Å²) in [5.74, 6) is 1.75. The number of benzene rings is 3. The van der Waals surface area contributed by atoms with Crippen LogP contribution in [-0.4, -0.2) is 14.8 Å². The molecule has 4 aromatic rings. The van der Waals surface area contributed by atoms with Crippen LogP contribution in [0.2, 0.25) is 0 Å². The molecule has 0 fully saturated rings. The van der Waals surface area contributed by atoms with Crippen molar-refractivity contribution in [2.45, 2.75) is 31.7 Å². The van der Waals surface area contributed by atoms with E-state index in [1.165, 1.54) is 22.3 Å². The van der Waals surface area contributed by atoms with Gasteiger partial charge in [0.1, 0.15) is 0 Å². The Kier molecular flexibility index (Phi) is 5.31. The van der Waals surface area contributed by atoms with E-state index in [4.69, 9.17) is 0 Å². The van der Waals surface area contributed by atoms with Crippen molar-refractivity contribution in [3.63, 3.8) is 0 Å². The number of nitrogens with zero attached hydrogens (tertiary/aromatic N) is 3. The van der Waals surface area contributed by atoms with Crippen LogP contribution in [0.3, 0.4) is 0 Å². The molecule has 0 spiro atoms. The number of hydrogen-bond acceptors (Lipinski definition) is 3. The van der Waals surface area contributed by atoms with Gasteiger partial charge in [-0.05, 0) is 49.6 Å². The van der Waals surface area contributed by atoms with Gasteiger partial charge in [0.2, 0.25) is 0 Å². The molecule has 0 radical (unpaired) electrons. The first-order valence-electron chi connectivity index (χ1n) is 9.39. The fourth-order valence-electron chi connectivity index (χ4n) is 3.27. The van der Waals surface area contributed by atoms with Gasteiger partial charge < -0.3 is 0 Å². The van der Waals surface area contributed by atoms with E-state index in [1.807, 2.05) is 6.07 Å². The van der Waals surface area contributed by atoms with E-state index in [1.54, 1.807) is 11.8 Å². The highest BCUT2D eigenvalue weighted by atomic mass is 32.2. The molecular weight excluding hydrogens is 362 g/mol. The fourth-order valence-corrected chi connectivity index (χ4v) is 4.28. The molecule has 0 saturated carbocycles. The number of rotatable bonds is 5. The summed E-state index contributed by atoms with van der Waals surface area (Å²) in [4.78, 5) is 0. The van der Waals surface area contributed by atoms with Crippen LogP contribution in [0.1, 0.15) is 22.3 Å². The lowest BCUT2D eigenvalue weighted by Gasteiger charge is -2.12. The Hall–Kier alpha value is -2.85. The van der Waals surface area contributed by atoms with E-state index in [0.717, 1.165) is 28.0 Å². The molecule has 3 nitrogen and oxygen atoms in total. The molecule has 0 unspecified atom stereocenters. The molecule has 0 aliphatic carbocycles. The third-order valence-corrected chi connectivity index (χ3v) is 5.87. The maximum absolute atomic E-state index is 4.57. The average molecular weight is 386 g/mol. The lowest BCUT2D eigenvalue weighted by molar-refractivity contribution is 0.885. The summed E-state index contributed by atoms with van der Waals surface area (Å²) in [6, 6.07) is 25.3. The zero-order chi connectivity index (χ0) is 19.5.